The highest BCUT2D eigenvalue weighted by molar-refractivity contribution is 6.00. The molecule has 0 radical (unpaired) electrons. The standard InChI is InChI=1S/C78H92N8/c1-17-45-49(21-5)67-41-71-53(25-9)57(29-13)75(83-71)61(76-58(30-14)54(26-10)72(84-76)42-68-50(22-6)46(18-2)64(80-68)39-63(45)79-67)37-35-33-34-36-38-62-77-59(31-15)55(27-11)73(85-77)43-69-51(23-7)47(19-3)65(81-69)40-66-48(20-4)52(24-8)70(82-66)44-74-56(28-12)60(32-16)78(62)86-74/h33-34,39-44,79-81,86H,17-32H2,1-16H3/b34-33+,63-39?,64-39?,65-40?,66-40?,67-41?,68-42?,69-43?,70-44?,71-41?,72-42?,73-43?,74-44?,75-61?,76-61?,77-62?,78-62?. The lowest BCUT2D eigenvalue weighted by Gasteiger charge is -2.08. The molecule has 6 aromatic rings. The lowest BCUT2D eigenvalue weighted by molar-refractivity contribution is 1.07. The normalized spacial score (nSPS) is 13.4. The quantitative estimate of drug-likeness (QED) is 0.0723. The molecular formula is C78H92N8. The van der Waals surface area contributed by atoms with Gasteiger partial charge >= 0.3 is 0 Å². The second kappa shape index (κ2) is 26.4. The van der Waals surface area contributed by atoms with Crippen molar-refractivity contribution in [1.29, 1.82) is 0 Å². The first kappa shape index (κ1) is 61.2. The van der Waals surface area contributed by atoms with Gasteiger partial charge in [0.15, 0.2) is 0 Å². The molecule has 8 heteroatoms. The van der Waals surface area contributed by atoms with Crippen LogP contribution in [0.1, 0.15) is 263 Å². The predicted octanol–water partition coefficient (Wildman–Crippen LogP) is 20.3. The zero-order valence-corrected chi connectivity index (χ0v) is 54.7. The zero-order chi connectivity index (χ0) is 61.1. The number of aromatic amines is 4. The van der Waals surface area contributed by atoms with Crippen molar-refractivity contribution in [3.05, 3.63) is 150 Å². The van der Waals surface area contributed by atoms with E-state index in [0.29, 0.717) is 0 Å². The van der Waals surface area contributed by atoms with Crippen LogP contribution >= 0.6 is 0 Å². The zero-order valence-electron chi connectivity index (χ0n) is 54.7. The van der Waals surface area contributed by atoms with Crippen molar-refractivity contribution < 1.29 is 0 Å². The Labute approximate surface area is 512 Å². The van der Waals surface area contributed by atoms with Gasteiger partial charge in [0, 0.05) is 38.6 Å². The molecule has 0 spiro atoms. The highest BCUT2D eigenvalue weighted by atomic mass is 14.8. The Balaban J connectivity index is 1.26. The van der Waals surface area contributed by atoms with Crippen molar-refractivity contribution in [2.75, 3.05) is 0 Å². The van der Waals surface area contributed by atoms with Crippen LogP contribution < -0.4 is 0 Å². The molecule has 4 aliphatic rings. The van der Waals surface area contributed by atoms with Crippen LogP contribution in [0.3, 0.4) is 0 Å². The molecular weight excluding hydrogens is 1050 g/mol. The van der Waals surface area contributed by atoms with Crippen LogP contribution in [-0.4, -0.2) is 39.9 Å². The van der Waals surface area contributed by atoms with E-state index in [1.54, 1.807) is 0 Å². The number of H-pyrrole nitrogens is 4. The van der Waals surface area contributed by atoms with Gasteiger partial charge in [0.05, 0.1) is 62.2 Å². The monoisotopic (exact) mass is 1140 g/mol. The second-order valence-electron chi connectivity index (χ2n) is 23.0. The van der Waals surface area contributed by atoms with E-state index in [0.717, 1.165) is 193 Å². The van der Waals surface area contributed by atoms with Gasteiger partial charge in [-0.1, -0.05) is 134 Å². The number of fused-ring (bicyclic) bond motifs is 16. The van der Waals surface area contributed by atoms with Gasteiger partial charge in [0.1, 0.15) is 0 Å². The highest BCUT2D eigenvalue weighted by Crippen LogP contribution is 2.44. The Hall–Kier alpha value is -7.94. The SMILES string of the molecule is CCC1=C(CC)c2cc3[nH]c(c(C#C/C=C/C#Cc4c5nc(cc6[nH]c(cc7[nH]c(cc8nc4C(CC)=C8CC)c(CC)c7CC)c(CC)c6CC)C(CC)=C5CC)c4nc(cc5[nH]c(cc1n2)c(CC)c5CC)C(CC)=C4CC)c(CC)c3CC. The fourth-order valence-corrected chi connectivity index (χ4v) is 14.9. The van der Waals surface area contributed by atoms with Crippen LogP contribution in [0.5, 0.6) is 0 Å². The average Bonchev–Trinajstić information content (AvgIpc) is 2.13. The van der Waals surface area contributed by atoms with Gasteiger partial charge in [-0.3, -0.25) is 0 Å². The first-order valence-electron chi connectivity index (χ1n) is 33.1. The molecule has 8 nitrogen and oxygen atoms in total. The smallest absolute Gasteiger partial charge is 0.0851 e. The summed E-state index contributed by atoms with van der Waals surface area (Å²) in [6.07, 6.45) is 18.0. The summed E-state index contributed by atoms with van der Waals surface area (Å²) >= 11 is 0. The first-order chi connectivity index (χ1) is 41.9. The minimum Gasteiger partial charge on any atom is -0.355 e. The number of aromatic nitrogens is 8. The molecule has 4 aliphatic heterocycles. The summed E-state index contributed by atoms with van der Waals surface area (Å²) in [6.45, 7) is 36.3. The van der Waals surface area contributed by atoms with Crippen LogP contribution in [0.15, 0.2) is 48.6 Å². The minimum absolute atomic E-state index is 0.821. The van der Waals surface area contributed by atoms with E-state index in [9.17, 15) is 0 Å². The molecule has 10 heterocycles. The van der Waals surface area contributed by atoms with E-state index in [4.69, 9.17) is 19.9 Å². The molecule has 6 aromatic heterocycles. The molecule has 0 fully saturated rings. The van der Waals surface area contributed by atoms with Gasteiger partial charge in [-0.2, -0.15) is 0 Å². The molecule has 0 atom stereocenters. The largest absolute Gasteiger partial charge is 0.355 e. The lowest BCUT2D eigenvalue weighted by Crippen LogP contribution is -1.95. The van der Waals surface area contributed by atoms with E-state index >= 15 is 0 Å². The van der Waals surface area contributed by atoms with E-state index in [1.165, 1.54) is 100 Å². The molecule has 0 aromatic carbocycles. The predicted molar refractivity (Wildman–Crippen MR) is 370 cm³/mol. The Morgan fingerprint density at radius 3 is 0.814 bits per heavy atom. The Bertz CT molecular complexity index is 4240. The van der Waals surface area contributed by atoms with Crippen molar-refractivity contribution in [3.63, 3.8) is 0 Å². The average molecular weight is 1140 g/mol. The van der Waals surface area contributed by atoms with Gasteiger partial charge in [0.25, 0.3) is 0 Å². The summed E-state index contributed by atoms with van der Waals surface area (Å²) in [5, 5.41) is 0. The highest BCUT2D eigenvalue weighted by Gasteiger charge is 2.29. The van der Waals surface area contributed by atoms with E-state index in [-0.39, 0.29) is 0 Å². The summed E-state index contributed by atoms with van der Waals surface area (Å²) < 4.78 is 0. The van der Waals surface area contributed by atoms with Gasteiger partial charge < -0.3 is 19.9 Å². The number of allylic oxidation sites excluding steroid dienone is 10. The number of hydrogen-bond donors (Lipinski definition) is 4. The van der Waals surface area contributed by atoms with Crippen LogP contribution in [0, 0.1) is 23.7 Å². The fourth-order valence-electron chi connectivity index (χ4n) is 14.9. The molecule has 0 saturated heterocycles. The lowest BCUT2D eigenvalue weighted by atomic mass is 9.94. The first-order valence-corrected chi connectivity index (χ1v) is 33.1. The van der Waals surface area contributed by atoms with E-state index < -0.39 is 0 Å². The van der Waals surface area contributed by atoms with Crippen LogP contribution in [0.2, 0.25) is 0 Å². The maximum absolute atomic E-state index is 5.67. The summed E-state index contributed by atoms with van der Waals surface area (Å²) in [5.41, 5.74) is 39.6. The van der Waals surface area contributed by atoms with Gasteiger partial charge in [-0.15, -0.1) is 0 Å². The van der Waals surface area contributed by atoms with Gasteiger partial charge in [0.2, 0.25) is 0 Å². The molecule has 0 unspecified atom stereocenters. The third-order valence-electron chi connectivity index (χ3n) is 18.9. The maximum atomic E-state index is 5.67. The maximum Gasteiger partial charge on any atom is 0.0851 e. The number of hydrogen-bond acceptors (Lipinski definition) is 4. The molecule has 0 aliphatic carbocycles. The van der Waals surface area contributed by atoms with Crippen LogP contribution in [0.25, 0.3) is 88.7 Å². The van der Waals surface area contributed by atoms with Gasteiger partial charge in [-0.05, 0) is 240 Å². The van der Waals surface area contributed by atoms with Crippen molar-refractivity contribution >= 4 is 88.7 Å². The second-order valence-corrected chi connectivity index (χ2v) is 23.0. The van der Waals surface area contributed by atoms with Crippen LogP contribution in [0.4, 0.5) is 0 Å². The molecule has 4 N–H and O–H groups in total. The molecule has 0 saturated carbocycles. The number of nitrogens with zero attached hydrogens (tertiary/aromatic N) is 4. The summed E-state index contributed by atoms with van der Waals surface area (Å²) in [7, 11) is 0. The Morgan fingerprint density at radius 1 is 0.267 bits per heavy atom. The van der Waals surface area contributed by atoms with Crippen LogP contribution in [-0.2, 0) is 51.4 Å². The summed E-state index contributed by atoms with van der Waals surface area (Å²) in [5.74, 6) is 14.6. The van der Waals surface area contributed by atoms with Crippen molar-refractivity contribution in [2.24, 2.45) is 0 Å². The summed E-state index contributed by atoms with van der Waals surface area (Å²) in [6, 6.07) is 13.9. The molecule has 444 valence electrons. The third kappa shape index (κ3) is 10.6. The summed E-state index contributed by atoms with van der Waals surface area (Å²) in [4.78, 5) is 38.3. The Kier molecular flexibility index (Phi) is 18.7. The molecule has 16 bridgehead atoms. The van der Waals surface area contributed by atoms with Gasteiger partial charge in [-0.25, -0.2) is 19.9 Å². The minimum atomic E-state index is 0.821. The third-order valence-corrected chi connectivity index (χ3v) is 18.9. The fraction of sp³-hybridized carbons (Fsp3) is 0.410. The Morgan fingerprint density at radius 2 is 0.512 bits per heavy atom. The topological polar surface area (TPSA) is 115 Å². The van der Waals surface area contributed by atoms with Crippen molar-refractivity contribution in [3.8, 4) is 23.7 Å². The van der Waals surface area contributed by atoms with E-state index in [1.807, 2.05) is 12.2 Å². The molecule has 86 heavy (non-hydrogen) atoms. The molecule has 0 amide bonds. The number of nitrogens with one attached hydrogen (secondary N) is 4. The number of rotatable bonds is 16. The van der Waals surface area contributed by atoms with E-state index in [2.05, 4.69) is 191 Å². The van der Waals surface area contributed by atoms with Crippen molar-refractivity contribution in [1.82, 2.24) is 39.9 Å². The number of aryl methyl sites for hydroxylation is 8. The molecule has 10 rings (SSSR count). The van der Waals surface area contributed by atoms with Crippen molar-refractivity contribution in [2.45, 2.75) is 214 Å².